The quantitative estimate of drug-likeness (QED) is 0.0980. The predicted molar refractivity (Wildman–Crippen MR) is 195 cm³/mol. The minimum absolute atomic E-state index is 0. The van der Waals surface area contributed by atoms with Gasteiger partial charge in [-0.25, -0.2) is 0 Å². The monoisotopic (exact) mass is 739 g/mol. The fourth-order valence-corrected chi connectivity index (χ4v) is 5.64. The maximum Gasteiger partial charge on any atom is 0.305 e. The standard InChI is InChI=1S/C35H51N5O8S.ClH/c1-23-18-26(41)19-24(2)27(23)21-29(37)35(46)40(34(45)28(36)15-17-49(4)47)22-31(42)39-30(20-25-12-8-7-9-13-25)33(44)38-16-11-6-5-10-14-32(43)48-3;/h7-9,12-13,18-19,28-30,41H,5-6,10-11,14-17,20-22,36-37H2,1-4H3,(H,38,44)(H,39,42);1H/t28-,29+,30+,49?;/m1./s1/i1D,2D;. The lowest BCUT2D eigenvalue weighted by Gasteiger charge is -2.27. The first-order valence-corrected chi connectivity index (χ1v) is 17.8. The third kappa shape index (κ3) is 15.4. The van der Waals surface area contributed by atoms with Crippen LogP contribution < -0.4 is 22.1 Å². The Kier molecular flexibility index (Phi) is 18.5. The van der Waals surface area contributed by atoms with Gasteiger partial charge in [0.25, 0.3) is 0 Å². The van der Waals surface area contributed by atoms with E-state index in [0.29, 0.717) is 47.4 Å². The van der Waals surface area contributed by atoms with Crippen molar-refractivity contribution >= 4 is 52.8 Å². The number of imide groups is 1. The number of aryl methyl sites for hydroxylation is 2. The number of phenolic OH excluding ortho intramolecular Hbond substituents is 1. The maximum atomic E-state index is 13.8. The van der Waals surface area contributed by atoms with Gasteiger partial charge in [-0.3, -0.25) is 33.1 Å². The lowest BCUT2D eigenvalue weighted by atomic mass is 9.95. The van der Waals surface area contributed by atoms with Crippen molar-refractivity contribution in [3.63, 3.8) is 0 Å². The van der Waals surface area contributed by atoms with E-state index in [0.717, 1.165) is 18.4 Å². The summed E-state index contributed by atoms with van der Waals surface area (Å²) >= 11 is 0. The molecule has 4 atom stereocenters. The van der Waals surface area contributed by atoms with E-state index in [1.165, 1.54) is 25.5 Å². The minimum Gasteiger partial charge on any atom is -0.508 e. The lowest BCUT2D eigenvalue weighted by Crippen LogP contribution is -2.57. The number of carbonyl (C=O) groups excluding carboxylic acids is 5. The molecule has 50 heavy (non-hydrogen) atoms. The third-order valence-corrected chi connectivity index (χ3v) is 8.61. The van der Waals surface area contributed by atoms with Gasteiger partial charge in [-0.1, -0.05) is 43.2 Å². The summed E-state index contributed by atoms with van der Waals surface area (Å²) in [5.41, 5.74) is 14.3. The SMILES string of the molecule is Cl.[2H]Cc1cc(O)cc(C[2H])c1C[C@H](N)C(=O)N(CC(=O)N[C@@H](Cc1ccccc1)C(=O)NCCCCCCC(=O)OC)C(=O)[C@H](N)CCS(C)=O. The van der Waals surface area contributed by atoms with E-state index >= 15 is 0 Å². The molecule has 278 valence electrons. The molecule has 0 radical (unpaired) electrons. The van der Waals surface area contributed by atoms with Gasteiger partial charge in [0.15, 0.2) is 0 Å². The van der Waals surface area contributed by atoms with Gasteiger partial charge in [0.1, 0.15) is 18.3 Å². The van der Waals surface area contributed by atoms with Crippen LogP contribution in [0.2, 0.25) is 0 Å². The van der Waals surface area contributed by atoms with Gasteiger partial charge in [-0.2, -0.15) is 0 Å². The Labute approximate surface area is 305 Å². The average Bonchev–Trinajstić information content (AvgIpc) is 3.11. The Morgan fingerprint density at radius 2 is 1.58 bits per heavy atom. The summed E-state index contributed by atoms with van der Waals surface area (Å²) in [4.78, 5) is 66.1. The van der Waals surface area contributed by atoms with Crippen LogP contribution in [0, 0.1) is 13.8 Å². The number of hydrogen-bond acceptors (Lipinski definition) is 10. The fraction of sp³-hybridized carbons (Fsp3) is 0.514. The Morgan fingerprint density at radius 1 is 0.960 bits per heavy atom. The van der Waals surface area contributed by atoms with E-state index < -0.39 is 59.1 Å². The molecule has 0 aliphatic rings. The molecule has 0 saturated carbocycles. The molecular formula is C35H52ClN5O8S. The van der Waals surface area contributed by atoms with Crippen LogP contribution >= 0.6 is 12.4 Å². The van der Waals surface area contributed by atoms with Gasteiger partial charge < -0.3 is 31.9 Å². The molecule has 0 aromatic heterocycles. The number of amides is 4. The van der Waals surface area contributed by atoms with Gasteiger partial charge in [-0.15, -0.1) is 12.4 Å². The number of benzene rings is 2. The van der Waals surface area contributed by atoms with Crippen molar-refractivity contribution < 1.29 is 40.8 Å². The zero-order valence-electron chi connectivity index (χ0n) is 30.7. The van der Waals surface area contributed by atoms with Crippen LogP contribution in [0.1, 0.15) is 63.5 Å². The smallest absolute Gasteiger partial charge is 0.305 e. The summed E-state index contributed by atoms with van der Waals surface area (Å²) < 4.78 is 32.1. The number of rotatable bonds is 20. The van der Waals surface area contributed by atoms with Crippen LogP contribution in [0.3, 0.4) is 0 Å². The molecule has 13 nitrogen and oxygen atoms in total. The number of nitrogens with two attached hydrogens (primary N) is 2. The summed E-state index contributed by atoms with van der Waals surface area (Å²) in [5, 5.41) is 15.5. The van der Waals surface area contributed by atoms with Crippen LogP contribution in [-0.2, 0) is 52.4 Å². The van der Waals surface area contributed by atoms with E-state index in [2.05, 4.69) is 15.4 Å². The second-order valence-corrected chi connectivity index (χ2v) is 13.4. The van der Waals surface area contributed by atoms with Crippen molar-refractivity contribution in [2.24, 2.45) is 11.5 Å². The van der Waals surface area contributed by atoms with Crippen LogP contribution in [0.15, 0.2) is 42.5 Å². The van der Waals surface area contributed by atoms with Gasteiger partial charge in [-0.05, 0) is 73.9 Å². The van der Waals surface area contributed by atoms with Crippen molar-refractivity contribution in [2.45, 2.75) is 83.3 Å². The van der Waals surface area contributed by atoms with Crippen molar-refractivity contribution in [3.8, 4) is 5.75 Å². The van der Waals surface area contributed by atoms with Gasteiger partial charge in [0, 0.05) is 44.9 Å². The van der Waals surface area contributed by atoms with E-state index in [-0.39, 0.29) is 62.9 Å². The molecule has 1 unspecified atom stereocenters. The highest BCUT2D eigenvalue weighted by Gasteiger charge is 2.33. The zero-order valence-corrected chi connectivity index (χ0v) is 30.3. The van der Waals surface area contributed by atoms with E-state index in [4.69, 9.17) is 14.2 Å². The van der Waals surface area contributed by atoms with Crippen LogP contribution in [-0.4, -0.2) is 94.1 Å². The van der Waals surface area contributed by atoms with Crippen LogP contribution in [0.5, 0.6) is 5.75 Å². The van der Waals surface area contributed by atoms with Gasteiger partial charge >= 0.3 is 5.97 Å². The third-order valence-electron chi connectivity index (χ3n) is 7.80. The molecule has 0 spiro atoms. The van der Waals surface area contributed by atoms with Crippen molar-refractivity contribution in [2.75, 3.05) is 32.2 Å². The lowest BCUT2D eigenvalue weighted by molar-refractivity contribution is -0.149. The Bertz CT molecular complexity index is 1480. The van der Waals surface area contributed by atoms with Gasteiger partial charge in [0.2, 0.25) is 23.6 Å². The molecule has 4 amide bonds. The summed E-state index contributed by atoms with van der Waals surface area (Å²) in [6, 6.07) is 7.93. The fourth-order valence-electron chi connectivity index (χ4n) is 5.06. The molecule has 0 aliphatic heterocycles. The maximum absolute atomic E-state index is 13.8. The van der Waals surface area contributed by atoms with Crippen LogP contribution in [0.25, 0.3) is 0 Å². The Morgan fingerprint density at radius 3 is 2.18 bits per heavy atom. The predicted octanol–water partition coefficient (Wildman–Crippen LogP) is 1.72. The molecule has 0 bridgehead atoms. The molecule has 2 aromatic rings. The minimum atomic E-state index is -1.40. The highest BCUT2D eigenvalue weighted by Crippen LogP contribution is 2.22. The second-order valence-electron chi connectivity index (χ2n) is 11.8. The van der Waals surface area contributed by atoms with Gasteiger partial charge in [0.05, 0.1) is 19.2 Å². The molecular weight excluding hydrogens is 686 g/mol. The summed E-state index contributed by atoms with van der Waals surface area (Å²) in [7, 11) is 0.0549. The number of halogens is 1. The number of aromatic hydroxyl groups is 1. The normalized spacial score (nSPS) is 13.7. The number of esters is 1. The average molecular weight is 740 g/mol. The number of hydrogen-bond donors (Lipinski definition) is 5. The molecule has 7 N–H and O–H groups in total. The Balaban J connectivity index is 0.0000135. The highest BCUT2D eigenvalue weighted by molar-refractivity contribution is 7.84. The van der Waals surface area contributed by atoms with E-state index in [1.54, 1.807) is 24.3 Å². The Hall–Kier alpha value is -3.85. The second kappa shape index (κ2) is 22.8. The zero-order chi connectivity index (χ0) is 37.9. The molecule has 2 aromatic carbocycles. The number of nitrogens with one attached hydrogen (secondary N) is 2. The molecule has 0 aliphatic carbocycles. The van der Waals surface area contributed by atoms with Crippen molar-refractivity contribution in [1.82, 2.24) is 15.5 Å². The van der Waals surface area contributed by atoms with Crippen molar-refractivity contribution in [3.05, 3.63) is 64.7 Å². The van der Waals surface area contributed by atoms with E-state index in [9.17, 15) is 33.3 Å². The first-order chi connectivity index (χ1) is 24.3. The molecule has 2 rings (SSSR count). The first-order valence-electron chi connectivity index (χ1n) is 17.5. The molecule has 15 heteroatoms. The first kappa shape index (κ1) is 40.6. The molecule has 0 saturated heterocycles. The highest BCUT2D eigenvalue weighted by atomic mass is 35.5. The topological polar surface area (TPSA) is 211 Å². The number of nitrogens with zero attached hydrogens (tertiary/aromatic N) is 1. The van der Waals surface area contributed by atoms with Crippen LogP contribution in [0.4, 0.5) is 0 Å². The van der Waals surface area contributed by atoms with Crippen molar-refractivity contribution in [1.29, 1.82) is 0 Å². The number of phenols is 1. The number of methoxy groups -OCH3 is 1. The number of carbonyl (C=O) groups is 5. The summed E-state index contributed by atoms with van der Waals surface area (Å²) in [5.74, 6) is -3.50. The molecule has 0 fully saturated rings. The van der Waals surface area contributed by atoms with E-state index in [1.807, 2.05) is 6.07 Å². The summed E-state index contributed by atoms with van der Waals surface area (Å²) in [6.45, 7) is -1.01. The summed E-state index contributed by atoms with van der Waals surface area (Å²) in [6.07, 6.45) is 4.49. The number of unbranched alkanes of at least 4 members (excludes halogenated alkanes) is 3. The molecule has 0 heterocycles. The number of ether oxygens (including phenoxy) is 1. The largest absolute Gasteiger partial charge is 0.508 e.